The molecule has 2 heterocycles. The van der Waals surface area contributed by atoms with Gasteiger partial charge in [0.2, 0.25) is 0 Å². The van der Waals surface area contributed by atoms with Crippen molar-refractivity contribution >= 4 is 51.4 Å². The average molecular weight is 913 g/mol. The van der Waals surface area contributed by atoms with Gasteiger partial charge in [0.15, 0.2) is 5.78 Å². The van der Waals surface area contributed by atoms with E-state index in [1.165, 1.54) is 21.9 Å². The zero-order valence-electron chi connectivity index (χ0n) is 34.2. The van der Waals surface area contributed by atoms with Gasteiger partial charge in [-0.15, -0.1) is 40.9 Å². The number of furan rings is 1. The number of hydrogen-bond acceptors (Lipinski definition) is 5. The van der Waals surface area contributed by atoms with Crippen molar-refractivity contribution in [3.63, 3.8) is 0 Å². The van der Waals surface area contributed by atoms with Crippen molar-refractivity contribution in [3.05, 3.63) is 100 Å². The van der Waals surface area contributed by atoms with E-state index in [-0.39, 0.29) is 47.9 Å². The van der Waals surface area contributed by atoms with Gasteiger partial charge >= 0.3 is 0 Å². The number of benzene rings is 2. The van der Waals surface area contributed by atoms with Gasteiger partial charge in [0, 0.05) is 59.9 Å². The molecule has 0 aliphatic rings. The summed E-state index contributed by atoms with van der Waals surface area (Å²) in [6.45, 7) is 29.5. The number of ketones is 1. The second-order valence-corrected chi connectivity index (χ2v) is 17.0. The van der Waals surface area contributed by atoms with Gasteiger partial charge in [-0.25, -0.2) is 0 Å². The second kappa shape index (κ2) is 19.9. The Morgan fingerprint density at radius 2 is 1.62 bits per heavy atom. The predicted molar refractivity (Wildman–Crippen MR) is 228 cm³/mol. The summed E-state index contributed by atoms with van der Waals surface area (Å²) in [7, 11) is 0. The fourth-order valence-corrected chi connectivity index (χ4v) is 6.53. The Morgan fingerprint density at radius 3 is 2.19 bits per heavy atom. The maximum Gasteiger partial charge on any atom is 0.164 e. The molecule has 1 radical (unpaired) electrons. The molecule has 0 spiro atoms. The van der Waals surface area contributed by atoms with E-state index in [4.69, 9.17) is 9.40 Å². The Kier molecular flexibility index (Phi) is 17.3. The summed E-state index contributed by atoms with van der Waals surface area (Å²) in [5.41, 5.74) is 4.28. The molecule has 2 aromatic carbocycles. The predicted octanol–water partition coefficient (Wildman–Crippen LogP) is 14.7. The van der Waals surface area contributed by atoms with Crippen LogP contribution in [0, 0.1) is 22.8 Å². The number of hydrogen-bond donors (Lipinski definition) is 1. The minimum Gasteiger partial charge on any atom is -0.512 e. The zero-order chi connectivity index (χ0) is 38.9. The van der Waals surface area contributed by atoms with Crippen LogP contribution in [0.25, 0.3) is 45.2 Å². The monoisotopic (exact) mass is 913 g/mol. The number of pyridine rings is 1. The molecule has 0 bridgehead atoms. The molecule has 0 unspecified atom stereocenters. The number of rotatable bonds is 14. The first-order valence-corrected chi connectivity index (χ1v) is 19.8. The van der Waals surface area contributed by atoms with Crippen LogP contribution in [0.3, 0.4) is 0 Å². The van der Waals surface area contributed by atoms with E-state index in [2.05, 4.69) is 96.0 Å². The molecule has 2 aromatic heterocycles. The number of carbonyl (C=O) groups is 1. The van der Waals surface area contributed by atoms with Crippen molar-refractivity contribution in [3.8, 4) is 11.3 Å². The Bertz CT molecular complexity index is 1930. The SMILES string of the molecule is C=Cc1c(/C=C/S/C(C)=C/CC(C)C)oc2ccnc(-c3[c-]c4ccccc4c(C(C)(C)C)c3)c12.CCC(C)(CC)C(=O)/C=C(\O)C(C)(CC)CC.[Ir]. The van der Waals surface area contributed by atoms with E-state index < -0.39 is 0 Å². The molecule has 6 heteroatoms. The van der Waals surface area contributed by atoms with Crippen LogP contribution in [0.4, 0.5) is 0 Å². The Balaban J connectivity index is 0.000000460. The largest absolute Gasteiger partial charge is 0.512 e. The maximum atomic E-state index is 12.2. The fraction of sp³-hybridized carbons (Fsp3) is 0.447. The molecule has 0 atom stereocenters. The molecule has 0 amide bonds. The quantitative estimate of drug-likeness (QED) is 0.0776. The van der Waals surface area contributed by atoms with Crippen LogP contribution in [-0.2, 0) is 30.3 Å². The van der Waals surface area contributed by atoms with E-state index in [9.17, 15) is 9.90 Å². The second-order valence-electron chi connectivity index (χ2n) is 15.8. The Morgan fingerprint density at radius 1 is 1.00 bits per heavy atom. The van der Waals surface area contributed by atoms with Crippen molar-refractivity contribution in [1.29, 1.82) is 0 Å². The molecule has 4 nitrogen and oxygen atoms in total. The van der Waals surface area contributed by atoms with Crippen LogP contribution in [0.5, 0.6) is 0 Å². The standard InChI is InChI=1S/C32H34NOS.C15H28O2.Ir/c1-8-25-28(16-18-35-22(4)14-13-21(2)3)34-29-15-17-33-31(30(25)29)24-19-23-11-9-10-12-26(23)27(20-24)32(5,6)7;1-7-14(5,8-2)12(16)11-13(17)15(6,9-3)10-4;/h8-12,14-18,20-21H,1,13H2,2-7H3;11,16H,7-10H2,1-6H3;/q-1;;/b18-16+,22-14+;12-11-;. The summed E-state index contributed by atoms with van der Waals surface area (Å²) in [6, 6.07) is 16.2. The number of allylic oxidation sites excluding steroid dienone is 4. The summed E-state index contributed by atoms with van der Waals surface area (Å²) in [5, 5.41) is 15.5. The van der Waals surface area contributed by atoms with Gasteiger partial charge < -0.3 is 9.52 Å². The molecule has 0 saturated carbocycles. The average Bonchev–Trinajstić information content (AvgIpc) is 3.50. The van der Waals surface area contributed by atoms with Crippen LogP contribution in [0.15, 0.2) is 81.8 Å². The summed E-state index contributed by atoms with van der Waals surface area (Å²) >= 11 is 1.71. The molecule has 0 saturated heterocycles. The van der Waals surface area contributed by atoms with E-state index >= 15 is 0 Å². The first-order valence-electron chi connectivity index (χ1n) is 18.9. The Labute approximate surface area is 338 Å². The number of thioether (sulfide) groups is 1. The van der Waals surface area contributed by atoms with E-state index in [1.54, 1.807) is 11.8 Å². The maximum absolute atomic E-state index is 12.2. The van der Waals surface area contributed by atoms with Crippen molar-refractivity contribution in [2.24, 2.45) is 16.7 Å². The minimum absolute atomic E-state index is 0. The number of aliphatic hydroxyl groups excluding tert-OH is 1. The van der Waals surface area contributed by atoms with Gasteiger partial charge in [-0.3, -0.25) is 9.78 Å². The zero-order valence-corrected chi connectivity index (χ0v) is 37.4. The number of aliphatic hydroxyl groups is 1. The molecule has 4 rings (SSSR count). The van der Waals surface area contributed by atoms with E-state index in [1.807, 2.05) is 66.0 Å². The molecule has 289 valence electrons. The smallest absolute Gasteiger partial charge is 0.164 e. The summed E-state index contributed by atoms with van der Waals surface area (Å²) in [5.74, 6) is 1.74. The molecule has 53 heavy (non-hydrogen) atoms. The molecule has 0 fully saturated rings. The van der Waals surface area contributed by atoms with Crippen LogP contribution < -0.4 is 0 Å². The molecule has 0 aliphatic heterocycles. The van der Waals surface area contributed by atoms with Gasteiger partial charge in [-0.05, 0) is 72.8 Å². The van der Waals surface area contributed by atoms with Gasteiger partial charge in [-0.1, -0.05) is 124 Å². The minimum atomic E-state index is -0.337. The third kappa shape index (κ3) is 11.4. The van der Waals surface area contributed by atoms with Crippen LogP contribution in [-0.4, -0.2) is 15.9 Å². The summed E-state index contributed by atoms with van der Waals surface area (Å²) < 4.78 is 6.27. The van der Waals surface area contributed by atoms with Crippen molar-refractivity contribution in [2.75, 3.05) is 0 Å². The third-order valence-electron chi connectivity index (χ3n) is 10.7. The molecular formula is C47H62IrNO3S-. The fourth-order valence-electron chi connectivity index (χ4n) is 5.93. The summed E-state index contributed by atoms with van der Waals surface area (Å²) in [4.78, 5) is 18.3. The van der Waals surface area contributed by atoms with Crippen molar-refractivity contribution in [1.82, 2.24) is 4.98 Å². The van der Waals surface area contributed by atoms with Gasteiger partial charge in [0.1, 0.15) is 17.1 Å². The Hall–Kier alpha value is -3.18. The molecular weight excluding hydrogens is 851 g/mol. The van der Waals surface area contributed by atoms with Gasteiger partial charge in [0.25, 0.3) is 0 Å². The molecule has 4 aromatic rings. The first-order chi connectivity index (χ1) is 24.5. The number of fused-ring (bicyclic) bond motifs is 2. The van der Waals surface area contributed by atoms with Crippen molar-refractivity contribution in [2.45, 2.75) is 121 Å². The first kappa shape index (κ1) is 46.0. The van der Waals surface area contributed by atoms with E-state index in [0.29, 0.717) is 5.92 Å². The number of nitrogens with zero attached hydrogens (tertiary/aromatic N) is 1. The number of carbonyl (C=O) groups excluding carboxylic acids is 1. The molecule has 1 N–H and O–H groups in total. The van der Waals surface area contributed by atoms with Crippen LogP contribution in [0.2, 0.25) is 0 Å². The third-order valence-corrected chi connectivity index (χ3v) is 11.5. The van der Waals surface area contributed by atoms with E-state index in [0.717, 1.165) is 71.0 Å². The topological polar surface area (TPSA) is 63.3 Å². The van der Waals surface area contributed by atoms with Gasteiger partial charge in [0.05, 0.1) is 0 Å². The molecule has 0 aliphatic carbocycles. The number of aromatic nitrogens is 1. The van der Waals surface area contributed by atoms with Gasteiger partial charge in [-0.2, -0.15) is 0 Å². The van der Waals surface area contributed by atoms with Crippen LogP contribution in [0.1, 0.15) is 132 Å². The van der Waals surface area contributed by atoms with Crippen LogP contribution >= 0.6 is 11.8 Å². The summed E-state index contributed by atoms with van der Waals surface area (Å²) in [6.07, 6.45) is 13.8. The van der Waals surface area contributed by atoms with Crippen molar-refractivity contribution < 1.29 is 34.4 Å². The normalized spacial score (nSPS) is 13.0.